The molecule has 134 valence electrons. The molecule has 0 spiro atoms. The number of nitrogens with one attached hydrogen (secondary N) is 1. The number of hydrogen-bond acceptors (Lipinski definition) is 4. The zero-order valence-corrected chi connectivity index (χ0v) is 14.1. The second kappa shape index (κ2) is 6.47. The van der Waals surface area contributed by atoms with Crippen LogP contribution in [0.4, 0.5) is 18.9 Å². The summed E-state index contributed by atoms with van der Waals surface area (Å²) >= 11 is 0. The van der Waals surface area contributed by atoms with E-state index < -0.39 is 37.3 Å². The number of aromatic nitrogens is 1. The smallest absolute Gasteiger partial charge is 0.325 e. The van der Waals surface area contributed by atoms with Crippen molar-refractivity contribution in [3.63, 3.8) is 0 Å². The van der Waals surface area contributed by atoms with Crippen LogP contribution in [0.5, 0.6) is 0 Å². The first-order valence-electron chi connectivity index (χ1n) is 7.10. The molecule has 0 atom stereocenters. The first kappa shape index (κ1) is 18.9. The van der Waals surface area contributed by atoms with Gasteiger partial charge in [0.25, 0.3) is 0 Å². The summed E-state index contributed by atoms with van der Waals surface area (Å²) in [6.45, 7) is 2.33. The van der Waals surface area contributed by atoms with Crippen LogP contribution in [-0.2, 0) is 20.8 Å². The molecular weight excluding hydrogens is 357 g/mol. The van der Waals surface area contributed by atoms with Crippen molar-refractivity contribution in [2.75, 3.05) is 5.32 Å². The molecule has 25 heavy (non-hydrogen) atoms. The third-order valence-electron chi connectivity index (χ3n) is 3.59. The van der Waals surface area contributed by atoms with E-state index in [9.17, 15) is 26.4 Å². The summed E-state index contributed by atoms with van der Waals surface area (Å²) in [7, 11) is -4.31. The number of para-hydroxylation sites is 1. The van der Waals surface area contributed by atoms with Crippen molar-refractivity contribution in [1.29, 1.82) is 0 Å². The monoisotopic (exact) mass is 372 g/mol. The van der Waals surface area contributed by atoms with Crippen LogP contribution in [0.1, 0.15) is 19.4 Å². The number of pyridine rings is 1. The van der Waals surface area contributed by atoms with Crippen molar-refractivity contribution in [1.82, 2.24) is 4.98 Å². The van der Waals surface area contributed by atoms with Crippen LogP contribution in [0.3, 0.4) is 0 Å². The lowest BCUT2D eigenvalue weighted by molar-refractivity contribution is -0.137. The summed E-state index contributed by atoms with van der Waals surface area (Å²) in [5, 5.41) is 1.86. The van der Waals surface area contributed by atoms with E-state index in [2.05, 4.69) is 10.3 Å². The Bertz CT molecular complexity index is 862. The summed E-state index contributed by atoms with van der Waals surface area (Å²) in [6.07, 6.45) is -4.20. The highest BCUT2D eigenvalue weighted by molar-refractivity contribution is 7.93. The lowest BCUT2D eigenvalue weighted by Gasteiger charge is -2.23. The van der Waals surface area contributed by atoms with Gasteiger partial charge in [0.05, 0.1) is 5.56 Å². The Labute approximate surface area is 142 Å². The maximum Gasteiger partial charge on any atom is 0.417 e. The number of nitrogens with zero attached hydrogens (tertiary/aromatic N) is 1. The van der Waals surface area contributed by atoms with Gasteiger partial charge in [-0.25, -0.2) is 13.4 Å². The molecule has 0 aliphatic heterocycles. The molecule has 0 fully saturated rings. The largest absolute Gasteiger partial charge is 0.417 e. The van der Waals surface area contributed by atoms with Crippen LogP contribution >= 0.6 is 0 Å². The van der Waals surface area contributed by atoms with E-state index in [-0.39, 0.29) is 0 Å². The molecule has 1 aromatic carbocycles. The van der Waals surface area contributed by atoms with Crippen molar-refractivity contribution in [3.8, 4) is 0 Å². The number of sulfone groups is 1. The standard InChI is InChI=1S/C16H15F3N2O3S/c1-15(2,14(22)21-12-6-4-3-5-7-12)25(23,24)13-9-8-11(10-20-13)16(17,18)19/h3-10H,1-2H3,(H,21,22). The normalized spacial score (nSPS) is 12.7. The molecule has 0 aliphatic rings. The van der Waals surface area contributed by atoms with Crippen LogP contribution in [0.15, 0.2) is 53.7 Å². The Kier molecular flexibility index (Phi) is 4.90. The number of benzene rings is 1. The fourth-order valence-corrected chi connectivity index (χ4v) is 3.15. The number of rotatable bonds is 4. The first-order chi connectivity index (χ1) is 11.5. The lowest BCUT2D eigenvalue weighted by Crippen LogP contribution is -2.44. The van der Waals surface area contributed by atoms with Crippen molar-refractivity contribution in [3.05, 3.63) is 54.2 Å². The second-order valence-electron chi connectivity index (χ2n) is 5.72. The van der Waals surface area contributed by atoms with Crippen LogP contribution < -0.4 is 5.32 Å². The Morgan fingerprint density at radius 3 is 2.12 bits per heavy atom. The van der Waals surface area contributed by atoms with E-state index in [1.165, 1.54) is 13.8 Å². The molecule has 2 rings (SSSR count). The molecule has 0 saturated carbocycles. The van der Waals surface area contributed by atoms with Crippen LogP contribution in [0.2, 0.25) is 0 Å². The van der Waals surface area contributed by atoms with Gasteiger partial charge in [0.15, 0.2) is 9.77 Å². The van der Waals surface area contributed by atoms with Gasteiger partial charge in [0.1, 0.15) is 0 Å². The van der Waals surface area contributed by atoms with Gasteiger partial charge in [-0.05, 0) is 38.1 Å². The van der Waals surface area contributed by atoms with E-state index in [4.69, 9.17) is 0 Å². The van der Waals surface area contributed by atoms with E-state index in [1.807, 2.05) is 0 Å². The third kappa shape index (κ3) is 3.81. The topological polar surface area (TPSA) is 76.1 Å². The predicted molar refractivity (Wildman–Crippen MR) is 85.6 cm³/mol. The number of halogens is 3. The van der Waals surface area contributed by atoms with Crippen molar-refractivity contribution in [2.24, 2.45) is 0 Å². The number of carbonyl (C=O) groups is 1. The molecule has 0 radical (unpaired) electrons. The van der Waals surface area contributed by atoms with Crippen molar-refractivity contribution < 1.29 is 26.4 Å². The van der Waals surface area contributed by atoms with Gasteiger partial charge in [0.2, 0.25) is 15.7 Å². The fraction of sp³-hybridized carbons (Fsp3) is 0.250. The van der Waals surface area contributed by atoms with Gasteiger partial charge in [0, 0.05) is 11.9 Å². The van der Waals surface area contributed by atoms with E-state index in [0.29, 0.717) is 18.0 Å². The maximum atomic E-state index is 12.6. The second-order valence-corrected chi connectivity index (χ2v) is 8.16. The van der Waals surface area contributed by atoms with Crippen LogP contribution in [-0.4, -0.2) is 24.1 Å². The molecule has 5 nitrogen and oxygen atoms in total. The quantitative estimate of drug-likeness (QED) is 0.894. The van der Waals surface area contributed by atoms with E-state index in [1.54, 1.807) is 30.3 Å². The Balaban J connectivity index is 2.31. The molecule has 2 aromatic rings. The number of carbonyl (C=O) groups excluding carboxylic acids is 1. The predicted octanol–water partition coefficient (Wildman–Crippen LogP) is 3.29. The van der Waals surface area contributed by atoms with E-state index >= 15 is 0 Å². The summed E-state index contributed by atoms with van der Waals surface area (Å²) in [5.74, 6) is -0.819. The van der Waals surface area contributed by atoms with Crippen LogP contribution in [0, 0.1) is 0 Å². The Morgan fingerprint density at radius 2 is 1.64 bits per heavy atom. The lowest BCUT2D eigenvalue weighted by atomic mass is 10.2. The molecule has 1 aromatic heterocycles. The average Bonchev–Trinajstić information content (AvgIpc) is 2.55. The van der Waals surface area contributed by atoms with Crippen LogP contribution in [0.25, 0.3) is 0 Å². The van der Waals surface area contributed by atoms with Crippen molar-refractivity contribution in [2.45, 2.75) is 29.8 Å². The summed E-state index contributed by atoms with van der Waals surface area (Å²) in [6, 6.07) is 9.57. The molecule has 0 aliphatic carbocycles. The number of amides is 1. The third-order valence-corrected chi connectivity index (χ3v) is 5.91. The number of hydrogen-bond donors (Lipinski definition) is 1. The van der Waals surface area contributed by atoms with Gasteiger partial charge >= 0.3 is 6.18 Å². The minimum absolute atomic E-state index is 0.399. The highest BCUT2D eigenvalue weighted by Crippen LogP contribution is 2.31. The first-order valence-corrected chi connectivity index (χ1v) is 8.59. The Morgan fingerprint density at radius 1 is 1.04 bits per heavy atom. The summed E-state index contributed by atoms with van der Waals surface area (Å²) in [5.41, 5.74) is -0.672. The molecule has 1 N–H and O–H groups in total. The van der Waals surface area contributed by atoms with Gasteiger partial charge in [-0.15, -0.1) is 0 Å². The minimum atomic E-state index is -4.63. The van der Waals surface area contributed by atoms with Gasteiger partial charge in [-0.1, -0.05) is 18.2 Å². The molecule has 1 amide bonds. The van der Waals surface area contributed by atoms with Gasteiger partial charge in [-0.3, -0.25) is 4.79 Å². The summed E-state index contributed by atoms with van der Waals surface area (Å²) < 4.78 is 61.1. The highest BCUT2D eigenvalue weighted by atomic mass is 32.2. The average molecular weight is 372 g/mol. The Hall–Kier alpha value is -2.42. The fourth-order valence-electron chi connectivity index (χ4n) is 1.89. The van der Waals surface area contributed by atoms with Gasteiger partial charge < -0.3 is 5.32 Å². The maximum absolute atomic E-state index is 12.6. The molecule has 9 heteroatoms. The highest BCUT2D eigenvalue weighted by Gasteiger charge is 2.44. The van der Waals surface area contributed by atoms with E-state index in [0.717, 1.165) is 6.07 Å². The number of alkyl halides is 3. The molecule has 1 heterocycles. The number of anilines is 1. The molecule has 0 saturated heterocycles. The SMILES string of the molecule is CC(C)(C(=O)Nc1ccccc1)S(=O)(=O)c1ccc(C(F)(F)F)cn1. The molecule has 0 bridgehead atoms. The van der Waals surface area contributed by atoms with Crippen molar-refractivity contribution >= 4 is 21.4 Å². The van der Waals surface area contributed by atoms with Gasteiger partial charge in [-0.2, -0.15) is 13.2 Å². The zero-order valence-electron chi connectivity index (χ0n) is 13.3. The summed E-state index contributed by atoms with van der Waals surface area (Å²) in [4.78, 5) is 15.8. The molecular formula is C16H15F3N2O3S. The molecule has 0 unspecified atom stereocenters. The minimum Gasteiger partial charge on any atom is -0.325 e. The zero-order chi connectivity index (χ0) is 18.9.